The van der Waals surface area contributed by atoms with Gasteiger partial charge in [0.25, 0.3) is 5.09 Å². The SMILES string of the molecule is CC(CO[N+](=O)[O-])OC(=O)CNC(=O)CCCC=CC[C@@H]1[C@@H](CC[C@@H](O)CCc2ccccc2)[C@H](O)C[C@@H]1O. The number of esters is 1. The van der Waals surface area contributed by atoms with Crippen molar-refractivity contribution < 1.29 is 39.6 Å². The van der Waals surface area contributed by atoms with E-state index in [-0.39, 0.29) is 37.3 Å². The molecule has 0 spiro atoms. The maximum Gasteiger partial charge on any atom is 0.325 e. The smallest absolute Gasteiger partial charge is 0.325 e. The lowest BCUT2D eigenvalue weighted by molar-refractivity contribution is -0.759. The molecule has 0 bridgehead atoms. The fourth-order valence-electron chi connectivity index (χ4n) is 4.89. The van der Waals surface area contributed by atoms with Crippen molar-refractivity contribution in [3.05, 3.63) is 58.2 Å². The Balaban J connectivity index is 1.62. The second-order valence-electron chi connectivity index (χ2n) is 10.1. The summed E-state index contributed by atoms with van der Waals surface area (Å²) in [4.78, 5) is 37.9. The van der Waals surface area contributed by atoms with Crippen molar-refractivity contribution >= 4 is 11.9 Å². The summed E-state index contributed by atoms with van der Waals surface area (Å²) in [5.74, 6) is -1.17. The molecule has 0 aliphatic heterocycles. The molecule has 11 nitrogen and oxygen atoms in total. The number of aliphatic hydroxyl groups is 3. The van der Waals surface area contributed by atoms with Crippen LogP contribution in [0.1, 0.15) is 63.9 Å². The predicted octanol–water partition coefficient (Wildman–Crippen LogP) is 2.49. The van der Waals surface area contributed by atoms with Gasteiger partial charge in [0, 0.05) is 6.42 Å². The summed E-state index contributed by atoms with van der Waals surface area (Å²) in [5.41, 5.74) is 1.18. The number of aryl methyl sites for hydroxylation is 1. The van der Waals surface area contributed by atoms with Gasteiger partial charge >= 0.3 is 5.97 Å². The Bertz CT molecular complexity index is 912. The molecule has 0 radical (unpaired) electrons. The Morgan fingerprint density at radius 2 is 1.87 bits per heavy atom. The highest BCUT2D eigenvalue weighted by molar-refractivity contribution is 5.81. The lowest BCUT2D eigenvalue weighted by Crippen LogP contribution is -2.33. The summed E-state index contributed by atoms with van der Waals surface area (Å²) < 4.78 is 4.90. The lowest BCUT2D eigenvalue weighted by Gasteiger charge is -2.23. The number of hydrogen-bond acceptors (Lipinski definition) is 9. The summed E-state index contributed by atoms with van der Waals surface area (Å²) >= 11 is 0. The first-order valence-electron chi connectivity index (χ1n) is 13.6. The maximum atomic E-state index is 11.9. The average Bonchev–Trinajstić information content (AvgIpc) is 3.17. The molecule has 6 atom stereocenters. The number of amides is 1. The number of nitrogens with one attached hydrogen (secondary N) is 1. The van der Waals surface area contributed by atoms with E-state index in [1.807, 2.05) is 42.5 Å². The first kappa shape index (κ1) is 32.2. The standard InChI is InChI=1S/C28H42N2O9/c1-20(19-38-30(36)37)39-28(35)18-29-27(34)12-8-3-2-7-11-23-24(26(33)17-25(23)32)16-15-22(31)14-13-21-9-5-4-6-10-21/h2,4-7,9-10,20,22-26,31-33H,3,8,11-19H2,1H3,(H,29,34)/t20?,22-,23+,24+,25-,26+/m0/s1. The maximum absolute atomic E-state index is 11.9. The zero-order chi connectivity index (χ0) is 28.6. The summed E-state index contributed by atoms with van der Waals surface area (Å²) in [6.07, 6.45) is 6.54. The van der Waals surface area contributed by atoms with E-state index in [4.69, 9.17) is 4.74 Å². The molecule has 1 aliphatic carbocycles. The van der Waals surface area contributed by atoms with Crippen LogP contribution in [0.25, 0.3) is 0 Å². The second-order valence-corrected chi connectivity index (χ2v) is 10.1. The molecule has 0 heterocycles. The van der Waals surface area contributed by atoms with Gasteiger partial charge in [-0.25, -0.2) is 0 Å². The van der Waals surface area contributed by atoms with Crippen molar-refractivity contribution in [2.24, 2.45) is 11.8 Å². The number of ether oxygens (including phenoxy) is 1. The Labute approximate surface area is 229 Å². The fourth-order valence-corrected chi connectivity index (χ4v) is 4.89. The molecule has 218 valence electrons. The first-order chi connectivity index (χ1) is 18.7. The van der Waals surface area contributed by atoms with Gasteiger partial charge in [0.2, 0.25) is 5.91 Å². The molecule has 0 aromatic heterocycles. The van der Waals surface area contributed by atoms with Crippen LogP contribution in [-0.4, -0.2) is 69.9 Å². The summed E-state index contributed by atoms with van der Waals surface area (Å²) in [7, 11) is 0. The minimum atomic E-state index is -0.974. The van der Waals surface area contributed by atoms with Crippen molar-refractivity contribution in [3.8, 4) is 0 Å². The normalized spacial score (nSPS) is 22.4. The van der Waals surface area contributed by atoms with Crippen molar-refractivity contribution in [3.63, 3.8) is 0 Å². The van der Waals surface area contributed by atoms with Crippen LogP contribution in [0.2, 0.25) is 0 Å². The minimum Gasteiger partial charge on any atom is -0.459 e. The van der Waals surface area contributed by atoms with Gasteiger partial charge < -0.3 is 30.2 Å². The number of nitrogens with zero attached hydrogens (tertiary/aromatic N) is 1. The van der Waals surface area contributed by atoms with Crippen molar-refractivity contribution in [2.45, 2.75) is 89.1 Å². The fraction of sp³-hybridized carbons (Fsp3) is 0.643. The number of carbonyl (C=O) groups is 2. The van der Waals surface area contributed by atoms with Crippen molar-refractivity contribution in [2.75, 3.05) is 13.2 Å². The molecular weight excluding hydrogens is 508 g/mol. The molecule has 39 heavy (non-hydrogen) atoms. The minimum absolute atomic E-state index is 0.0737. The summed E-state index contributed by atoms with van der Waals surface area (Å²) in [6.45, 7) is 0.731. The molecule has 2 rings (SSSR count). The first-order valence-corrected chi connectivity index (χ1v) is 13.6. The number of hydrogen-bond donors (Lipinski definition) is 4. The van der Waals surface area contributed by atoms with Gasteiger partial charge in [-0.3, -0.25) is 9.59 Å². The molecular formula is C28H42N2O9. The van der Waals surface area contributed by atoms with Gasteiger partial charge in [0.15, 0.2) is 0 Å². The van der Waals surface area contributed by atoms with Crippen LogP contribution in [-0.2, 0) is 25.6 Å². The zero-order valence-electron chi connectivity index (χ0n) is 22.5. The lowest BCUT2D eigenvalue weighted by atomic mass is 9.85. The van der Waals surface area contributed by atoms with E-state index in [0.717, 1.165) is 6.42 Å². The Hall–Kier alpha value is -3.02. The number of benzene rings is 1. The van der Waals surface area contributed by atoms with Crippen molar-refractivity contribution in [1.29, 1.82) is 0 Å². The Morgan fingerprint density at radius 1 is 1.15 bits per heavy atom. The van der Waals surface area contributed by atoms with Gasteiger partial charge in [-0.1, -0.05) is 42.5 Å². The molecule has 1 aromatic rings. The van der Waals surface area contributed by atoms with Gasteiger partial charge in [0.05, 0.1) is 18.3 Å². The van der Waals surface area contributed by atoms with E-state index in [1.54, 1.807) is 0 Å². The third-order valence-corrected chi connectivity index (χ3v) is 6.99. The average molecular weight is 551 g/mol. The predicted molar refractivity (Wildman–Crippen MR) is 143 cm³/mol. The van der Waals surface area contributed by atoms with Crippen LogP contribution >= 0.6 is 0 Å². The van der Waals surface area contributed by atoms with Crippen LogP contribution in [0.5, 0.6) is 0 Å². The third kappa shape index (κ3) is 13.1. The number of unbranched alkanes of at least 4 members (excludes halogenated alkanes) is 1. The summed E-state index contributed by atoms with van der Waals surface area (Å²) in [5, 5.41) is 43.0. The van der Waals surface area contributed by atoms with Crippen LogP contribution in [0.4, 0.5) is 0 Å². The van der Waals surface area contributed by atoms with Crippen LogP contribution in [0.15, 0.2) is 42.5 Å². The van der Waals surface area contributed by atoms with Gasteiger partial charge in [0.1, 0.15) is 19.3 Å². The molecule has 1 unspecified atom stereocenters. The van der Waals surface area contributed by atoms with Gasteiger partial charge in [-0.05, 0) is 75.7 Å². The number of carbonyl (C=O) groups excluding carboxylic acids is 2. The third-order valence-electron chi connectivity index (χ3n) is 6.99. The van der Waals surface area contributed by atoms with Crippen molar-refractivity contribution in [1.82, 2.24) is 5.32 Å². The molecule has 1 amide bonds. The van der Waals surface area contributed by atoms with E-state index in [0.29, 0.717) is 44.9 Å². The van der Waals surface area contributed by atoms with E-state index < -0.39 is 35.5 Å². The van der Waals surface area contributed by atoms with E-state index in [9.17, 15) is 35.0 Å². The number of allylic oxidation sites excluding steroid dienone is 2. The molecule has 1 aliphatic rings. The van der Waals surface area contributed by atoms with Gasteiger partial charge in [-0.2, -0.15) is 0 Å². The zero-order valence-corrected chi connectivity index (χ0v) is 22.5. The van der Waals surface area contributed by atoms with Crippen LogP contribution < -0.4 is 5.32 Å². The number of rotatable bonds is 18. The molecule has 0 saturated heterocycles. The largest absolute Gasteiger partial charge is 0.459 e. The molecule has 1 saturated carbocycles. The highest BCUT2D eigenvalue weighted by atomic mass is 17.0. The molecule has 1 fully saturated rings. The molecule has 11 heteroatoms. The molecule has 4 N–H and O–H groups in total. The highest BCUT2D eigenvalue weighted by Crippen LogP contribution is 2.38. The second kappa shape index (κ2) is 17.5. The highest BCUT2D eigenvalue weighted by Gasteiger charge is 2.40. The Kier molecular flexibility index (Phi) is 14.5. The monoisotopic (exact) mass is 550 g/mol. The van der Waals surface area contributed by atoms with Gasteiger partial charge in [-0.15, -0.1) is 10.1 Å². The molecule has 1 aromatic carbocycles. The number of aliphatic hydroxyl groups excluding tert-OH is 3. The topological polar surface area (TPSA) is 168 Å². The van der Waals surface area contributed by atoms with E-state index >= 15 is 0 Å². The van der Waals surface area contributed by atoms with Crippen LogP contribution in [0, 0.1) is 22.0 Å². The van der Waals surface area contributed by atoms with Crippen LogP contribution in [0.3, 0.4) is 0 Å². The van der Waals surface area contributed by atoms with E-state index in [1.165, 1.54) is 12.5 Å². The quantitative estimate of drug-likeness (QED) is 0.0705. The van der Waals surface area contributed by atoms with E-state index in [2.05, 4.69) is 10.2 Å². The Morgan fingerprint density at radius 3 is 2.59 bits per heavy atom. The summed E-state index contributed by atoms with van der Waals surface area (Å²) in [6, 6.07) is 10.0.